The molecule has 0 aromatic carbocycles. The zero-order chi connectivity index (χ0) is 18.3. The van der Waals surface area contributed by atoms with Gasteiger partial charge in [-0.25, -0.2) is 9.97 Å². The maximum absolute atomic E-state index is 6.42. The Hall–Kier alpha value is -2.05. The standard InChI is InChI=1S/C19H23ClN6/c1-12-16(20)13(3-6-22-12)17-18-14(9-23-17)25-15(10-24-18)26-7-4-19(2,11-21)5-8-26/h3,6,10H,4-5,7-9,11,21H2,1-2H3. The monoisotopic (exact) mass is 370 g/mol. The van der Waals surface area contributed by atoms with Crippen molar-refractivity contribution in [1.29, 1.82) is 0 Å². The summed E-state index contributed by atoms with van der Waals surface area (Å²) in [5.74, 6) is 0.927. The Morgan fingerprint density at radius 1 is 1.27 bits per heavy atom. The lowest BCUT2D eigenvalue weighted by Crippen LogP contribution is -2.42. The molecule has 0 amide bonds. The van der Waals surface area contributed by atoms with Crippen molar-refractivity contribution >= 4 is 23.1 Å². The predicted molar refractivity (Wildman–Crippen MR) is 104 cm³/mol. The summed E-state index contributed by atoms with van der Waals surface area (Å²) < 4.78 is 0. The highest BCUT2D eigenvalue weighted by Gasteiger charge is 2.30. The number of aryl methyl sites for hydroxylation is 1. The van der Waals surface area contributed by atoms with Crippen LogP contribution >= 0.6 is 11.6 Å². The summed E-state index contributed by atoms with van der Waals surface area (Å²) in [7, 11) is 0. The van der Waals surface area contributed by atoms with E-state index >= 15 is 0 Å². The van der Waals surface area contributed by atoms with Gasteiger partial charge in [-0.3, -0.25) is 9.98 Å². The average Bonchev–Trinajstić information content (AvgIpc) is 3.07. The summed E-state index contributed by atoms with van der Waals surface area (Å²) in [6, 6.07) is 1.89. The van der Waals surface area contributed by atoms with Crippen LogP contribution in [0.1, 0.15) is 42.4 Å². The van der Waals surface area contributed by atoms with E-state index in [1.165, 1.54) is 0 Å². The quantitative estimate of drug-likeness (QED) is 0.898. The van der Waals surface area contributed by atoms with Crippen molar-refractivity contribution in [2.45, 2.75) is 33.2 Å². The van der Waals surface area contributed by atoms with E-state index in [-0.39, 0.29) is 5.41 Å². The van der Waals surface area contributed by atoms with Crippen LogP contribution in [0.25, 0.3) is 0 Å². The minimum atomic E-state index is 0.243. The number of nitrogens with zero attached hydrogens (tertiary/aromatic N) is 5. The number of piperidine rings is 1. The highest BCUT2D eigenvalue weighted by molar-refractivity contribution is 6.36. The smallest absolute Gasteiger partial charge is 0.147 e. The Morgan fingerprint density at radius 2 is 2.04 bits per heavy atom. The second-order valence-electron chi connectivity index (χ2n) is 7.45. The van der Waals surface area contributed by atoms with Gasteiger partial charge in [0.15, 0.2) is 0 Å². The maximum Gasteiger partial charge on any atom is 0.147 e. The number of hydrogen-bond acceptors (Lipinski definition) is 6. The summed E-state index contributed by atoms with van der Waals surface area (Å²) >= 11 is 6.42. The fraction of sp³-hybridized carbons (Fsp3) is 0.474. The molecule has 0 saturated carbocycles. The number of rotatable bonds is 3. The molecule has 0 aliphatic carbocycles. The summed E-state index contributed by atoms with van der Waals surface area (Å²) in [6.45, 7) is 7.36. The maximum atomic E-state index is 6.42. The molecule has 0 atom stereocenters. The molecule has 1 saturated heterocycles. The van der Waals surface area contributed by atoms with Crippen molar-refractivity contribution < 1.29 is 0 Å². The molecule has 7 heteroatoms. The van der Waals surface area contributed by atoms with Crippen LogP contribution in [-0.4, -0.2) is 40.3 Å². The third kappa shape index (κ3) is 2.97. The summed E-state index contributed by atoms with van der Waals surface area (Å²) in [4.78, 5) is 20.7. The minimum absolute atomic E-state index is 0.243. The second kappa shape index (κ2) is 6.59. The van der Waals surface area contributed by atoms with Gasteiger partial charge in [0, 0.05) is 24.8 Å². The molecule has 4 heterocycles. The Bertz CT molecular complexity index is 870. The number of pyridine rings is 1. The van der Waals surface area contributed by atoms with Crippen molar-refractivity contribution in [3.8, 4) is 0 Å². The van der Waals surface area contributed by atoms with E-state index in [0.717, 1.165) is 66.7 Å². The molecule has 0 radical (unpaired) electrons. The fourth-order valence-corrected chi connectivity index (χ4v) is 3.73. The molecular formula is C19H23ClN6. The van der Waals surface area contributed by atoms with Crippen molar-refractivity contribution in [1.82, 2.24) is 15.0 Å². The van der Waals surface area contributed by atoms with E-state index in [1.807, 2.05) is 19.2 Å². The van der Waals surface area contributed by atoms with Crippen LogP contribution in [0.15, 0.2) is 23.5 Å². The van der Waals surface area contributed by atoms with Gasteiger partial charge < -0.3 is 10.6 Å². The first-order valence-corrected chi connectivity index (χ1v) is 9.36. The number of anilines is 1. The van der Waals surface area contributed by atoms with E-state index in [0.29, 0.717) is 11.6 Å². The van der Waals surface area contributed by atoms with Gasteiger partial charge in [-0.05, 0) is 37.8 Å². The Kier molecular flexibility index (Phi) is 4.40. The normalized spacial score (nSPS) is 18.6. The van der Waals surface area contributed by atoms with Crippen LogP contribution in [0.3, 0.4) is 0 Å². The number of aromatic nitrogens is 3. The molecule has 4 rings (SSSR count). The van der Waals surface area contributed by atoms with Crippen molar-refractivity contribution in [2.24, 2.45) is 16.1 Å². The fourth-order valence-electron chi connectivity index (χ4n) is 3.53. The number of fused-ring (bicyclic) bond motifs is 1. The van der Waals surface area contributed by atoms with Crippen LogP contribution in [0.2, 0.25) is 5.02 Å². The van der Waals surface area contributed by atoms with E-state index < -0.39 is 0 Å². The van der Waals surface area contributed by atoms with E-state index in [9.17, 15) is 0 Å². The first-order valence-electron chi connectivity index (χ1n) is 8.98. The Morgan fingerprint density at radius 3 is 2.77 bits per heavy atom. The molecule has 2 aromatic rings. The molecular weight excluding hydrogens is 348 g/mol. The third-order valence-electron chi connectivity index (χ3n) is 5.55. The highest BCUT2D eigenvalue weighted by Crippen LogP contribution is 2.32. The topological polar surface area (TPSA) is 80.3 Å². The molecule has 2 aliphatic rings. The Labute approximate surface area is 158 Å². The molecule has 6 nitrogen and oxygen atoms in total. The van der Waals surface area contributed by atoms with Crippen molar-refractivity contribution in [2.75, 3.05) is 24.5 Å². The molecule has 26 heavy (non-hydrogen) atoms. The van der Waals surface area contributed by atoms with Crippen LogP contribution in [-0.2, 0) is 6.54 Å². The summed E-state index contributed by atoms with van der Waals surface area (Å²) in [5, 5.41) is 0.627. The number of aliphatic imine (C=N–C) groups is 1. The third-order valence-corrected chi connectivity index (χ3v) is 6.03. The van der Waals surface area contributed by atoms with Gasteiger partial charge >= 0.3 is 0 Å². The van der Waals surface area contributed by atoms with Crippen LogP contribution in [0, 0.1) is 12.3 Å². The van der Waals surface area contributed by atoms with Crippen LogP contribution < -0.4 is 10.6 Å². The number of hydrogen-bond donors (Lipinski definition) is 1. The van der Waals surface area contributed by atoms with Gasteiger partial charge in [-0.1, -0.05) is 18.5 Å². The van der Waals surface area contributed by atoms with Gasteiger partial charge in [-0.2, -0.15) is 0 Å². The van der Waals surface area contributed by atoms with Crippen molar-refractivity contribution in [3.05, 3.63) is 46.1 Å². The number of halogens is 1. The molecule has 0 spiro atoms. The zero-order valence-electron chi connectivity index (χ0n) is 15.2. The predicted octanol–water partition coefficient (Wildman–Crippen LogP) is 2.75. The summed E-state index contributed by atoms with van der Waals surface area (Å²) in [5.41, 5.74) is 10.4. The van der Waals surface area contributed by atoms with E-state index in [1.54, 1.807) is 6.20 Å². The zero-order valence-corrected chi connectivity index (χ0v) is 15.9. The molecule has 2 aliphatic heterocycles. The highest BCUT2D eigenvalue weighted by atomic mass is 35.5. The van der Waals surface area contributed by atoms with Gasteiger partial charge in [0.25, 0.3) is 0 Å². The number of nitrogens with two attached hydrogens (primary N) is 1. The van der Waals surface area contributed by atoms with Gasteiger partial charge in [-0.15, -0.1) is 0 Å². The van der Waals surface area contributed by atoms with Crippen LogP contribution in [0.5, 0.6) is 0 Å². The summed E-state index contributed by atoms with van der Waals surface area (Å²) in [6.07, 6.45) is 5.76. The minimum Gasteiger partial charge on any atom is -0.355 e. The molecule has 1 fully saturated rings. The second-order valence-corrected chi connectivity index (χ2v) is 7.83. The van der Waals surface area contributed by atoms with Gasteiger partial charge in [0.05, 0.1) is 34.9 Å². The molecule has 2 N–H and O–H groups in total. The first kappa shape index (κ1) is 17.4. The lowest BCUT2D eigenvalue weighted by atomic mass is 9.80. The van der Waals surface area contributed by atoms with Crippen molar-refractivity contribution in [3.63, 3.8) is 0 Å². The molecule has 0 bridgehead atoms. The molecule has 136 valence electrons. The first-order chi connectivity index (χ1) is 12.5. The van der Waals surface area contributed by atoms with Crippen LogP contribution in [0.4, 0.5) is 5.82 Å². The Balaban J connectivity index is 1.58. The largest absolute Gasteiger partial charge is 0.355 e. The lowest BCUT2D eigenvalue weighted by Gasteiger charge is -2.39. The van der Waals surface area contributed by atoms with E-state index in [4.69, 9.17) is 22.3 Å². The molecule has 0 unspecified atom stereocenters. The SMILES string of the molecule is Cc1nccc(C2=NCc3nc(N4CCC(C)(CN)CC4)cnc32)c1Cl. The van der Waals surface area contributed by atoms with Gasteiger partial charge in [0.2, 0.25) is 0 Å². The molecule has 2 aromatic heterocycles. The lowest BCUT2D eigenvalue weighted by molar-refractivity contribution is 0.258. The van der Waals surface area contributed by atoms with E-state index in [2.05, 4.69) is 26.8 Å². The average molecular weight is 371 g/mol. The van der Waals surface area contributed by atoms with Gasteiger partial charge in [0.1, 0.15) is 11.5 Å².